The van der Waals surface area contributed by atoms with Crippen LogP contribution in [0.2, 0.25) is 0 Å². The van der Waals surface area contributed by atoms with E-state index in [1.165, 1.54) is 22.5 Å². The van der Waals surface area contributed by atoms with Crippen molar-refractivity contribution in [1.82, 2.24) is 4.31 Å². The molecule has 0 spiro atoms. The topological polar surface area (TPSA) is 37.4 Å². The number of benzene rings is 1. The van der Waals surface area contributed by atoms with Crippen molar-refractivity contribution in [2.45, 2.75) is 18.2 Å². The van der Waals surface area contributed by atoms with Gasteiger partial charge in [0, 0.05) is 17.6 Å². The Morgan fingerprint density at radius 3 is 2.72 bits per heavy atom. The molecule has 0 amide bonds. The van der Waals surface area contributed by atoms with E-state index in [4.69, 9.17) is 0 Å². The Bertz CT molecular complexity index is 598. The fourth-order valence-electron chi connectivity index (χ4n) is 1.91. The molecule has 6 heteroatoms. The van der Waals surface area contributed by atoms with Crippen LogP contribution in [0.1, 0.15) is 13.3 Å². The summed E-state index contributed by atoms with van der Waals surface area (Å²) in [5, 5.41) is 0. The molecule has 0 aromatic heterocycles. The smallest absolute Gasteiger partial charge is 0.207 e. The summed E-state index contributed by atoms with van der Waals surface area (Å²) in [6, 6.07) is 3.99. The number of sulfonamides is 1. The van der Waals surface area contributed by atoms with Crippen LogP contribution in [-0.2, 0) is 10.0 Å². The summed E-state index contributed by atoms with van der Waals surface area (Å²) in [6.45, 7) is 2.60. The molecular weight excluding hydrogens is 321 g/mol. The first kappa shape index (κ1) is 13.7. The second-order valence-electron chi connectivity index (χ2n) is 4.25. The maximum Gasteiger partial charge on any atom is 0.246 e. The van der Waals surface area contributed by atoms with Gasteiger partial charge >= 0.3 is 0 Å². The molecule has 0 atom stereocenters. The monoisotopic (exact) mass is 333 g/mol. The van der Waals surface area contributed by atoms with Crippen LogP contribution in [0.4, 0.5) is 4.39 Å². The molecule has 1 aromatic carbocycles. The minimum Gasteiger partial charge on any atom is -0.207 e. The van der Waals surface area contributed by atoms with E-state index in [1.807, 2.05) is 13.0 Å². The fourth-order valence-corrected chi connectivity index (χ4v) is 3.78. The summed E-state index contributed by atoms with van der Waals surface area (Å²) in [5.41, 5.74) is 0.988. The molecule has 1 aromatic rings. The van der Waals surface area contributed by atoms with Gasteiger partial charge < -0.3 is 0 Å². The lowest BCUT2D eigenvalue weighted by Crippen LogP contribution is -2.35. The predicted molar refractivity (Wildman–Crippen MR) is 71.2 cm³/mol. The first-order valence-electron chi connectivity index (χ1n) is 5.52. The molecule has 2 rings (SSSR count). The van der Waals surface area contributed by atoms with E-state index >= 15 is 0 Å². The first-order chi connectivity index (χ1) is 8.41. The van der Waals surface area contributed by atoms with Crippen molar-refractivity contribution in [3.63, 3.8) is 0 Å². The molecule has 0 fully saturated rings. The van der Waals surface area contributed by atoms with Gasteiger partial charge in [0.2, 0.25) is 10.0 Å². The van der Waals surface area contributed by atoms with Gasteiger partial charge in [0.05, 0.1) is 0 Å². The molecule has 0 unspecified atom stereocenters. The van der Waals surface area contributed by atoms with Crippen molar-refractivity contribution in [1.29, 1.82) is 0 Å². The number of nitrogens with zero attached hydrogens (tertiary/aromatic N) is 1. The summed E-state index contributed by atoms with van der Waals surface area (Å²) in [4.78, 5) is -0.264. The normalized spacial score (nSPS) is 17.6. The van der Waals surface area contributed by atoms with Gasteiger partial charge in [-0.2, -0.15) is 4.31 Å². The van der Waals surface area contributed by atoms with Crippen LogP contribution in [0.5, 0.6) is 0 Å². The highest BCUT2D eigenvalue weighted by Gasteiger charge is 2.28. The largest absolute Gasteiger partial charge is 0.246 e. The number of hydrogen-bond acceptors (Lipinski definition) is 2. The molecule has 3 nitrogen and oxygen atoms in total. The van der Waals surface area contributed by atoms with E-state index in [9.17, 15) is 12.8 Å². The molecule has 0 saturated carbocycles. The zero-order valence-electron chi connectivity index (χ0n) is 9.86. The summed E-state index contributed by atoms with van der Waals surface area (Å²) < 4.78 is 40.2. The van der Waals surface area contributed by atoms with Gasteiger partial charge in [-0.3, -0.25) is 0 Å². The number of halogens is 2. The third-order valence-corrected chi connectivity index (χ3v) is 5.18. The molecule has 1 aliphatic heterocycles. The van der Waals surface area contributed by atoms with Gasteiger partial charge in [0.15, 0.2) is 0 Å². The molecule has 98 valence electrons. The van der Waals surface area contributed by atoms with Crippen molar-refractivity contribution in [3.8, 4) is 0 Å². The van der Waals surface area contributed by atoms with Crippen molar-refractivity contribution >= 4 is 26.0 Å². The lowest BCUT2D eigenvalue weighted by atomic mass is 10.2. The van der Waals surface area contributed by atoms with E-state index in [0.717, 1.165) is 5.57 Å². The van der Waals surface area contributed by atoms with E-state index in [0.29, 0.717) is 24.0 Å². The summed E-state index contributed by atoms with van der Waals surface area (Å²) >= 11 is 3.11. The third kappa shape index (κ3) is 2.65. The molecule has 0 bridgehead atoms. The number of rotatable bonds is 2. The average Bonchev–Trinajstić information content (AvgIpc) is 2.28. The van der Waals surface area contributed by atoms with Crippen LogP contribution in [0.25, 0.3) is 0 Å². The SMILES string of the molecule is CC1=CCCN(S(=O)(=O)c2ccc(Br)cc2F)C1. The van der Waals surface area contributed by atoms with E-state index < -0.39 is 15.8 Å². The van der Waals surface area contributed by atoms with Gasteiger partial charge in [0.1, 0.15) is 10.7 Å². The van der Waals surface area contributed by atoms with Crippen LogP contribution < -0.4 is 0 Å². The minimum atomic E-state index is -3.75. The molecular formula is C12H13BrFNO2S. The Kier molecular flexibility index (Phi) is 3.89. The average molecular weight is 334 g/mol. The van der Waals surface area contributed by atoms with Gasteiger partial charge in [0.25, 0.3) is 0 Å². The quantitative estimate of drug-likeness (QED) is 0.780. The molecule has 0 N–H and O–H groups in total. The standard InChI is InChI=1S/C12H13BrFNO2S/c1-9-3-2-6-15(8-9)18(16,17)12-5-4-10(13)7-11(12)14/h3-5,7H,2,6,8H2,1H3. The van der Waals surface area contributed by atoms with Gasteiger partial charge in [-0.25, -0.2) is 12.8 Å². The van der Waals surface area contributed by atoms with E-state index in [-0.39, 0.29) is 4.90 Å². The highest BCUT2D eigenvalue weighted by atomic mass is 79.9. The minimum absolute atomic E-state index is 0.264. The summed E-state index contributed by atoms with van der Waals surface area (Å²) in [5.74, 6) is -0.725. The zero-order chi connectivity index (χ0) is 13.3. The molecule has 1 heterocycles. The van der Waals surface area contributed by atoms with E-state index in [1.54, 1.807) is 0 Å². The first-order valence-corrected chi connectivity index (χ1v) is 7.75. The highest BCUT2D eigenvalue weighted by Crippen LogP contribution is 2.24. The van der Waals surface area contributed by atoms with Crippen molar-refractivity contribution < 1.29 is 12.8 Å². The fraction of sp³-hybridized carbons (Fsp3) is 0.333. The molecule has 0 radical (unpaired) electrons. The van der Waals surface area contributed by atoms with Crippen LogP contribution in [-0.4, -0.2) is 25.8 Å². The maximum atomic E-state index is 13.7. The predicted octanol–water partition coefficient (Wildman–Crippen LogP) is 2.93. The van der Waals surface area contributed by atoms with E-state index in [2.05, 4.69) is 15.9 Å². The Labute approximate surface area is 114 Å². The second kappa shape index (κ2) is 5.11. The Morgan fingerprint density at radius 1 is 1.39 bits per heavy atom. The van der Waals surface area contributed by atoms with Crippen molar-refractivity contribution in [2.24, 2.45) is 0 Å². The Morgan fingerprint density at radius 2 is 2.11 bits per heavy atom. The second-order valence-corrected chi connectivity index (χ2v) is 7.07. The van der Waals surface area contributed by atoms with Gasteiger partial charge in [-0.15, -0.1) is 0 Å². The van der Waals surface area contributed by atoms with Crippen molar-refractivity contribution in [2.75, 3.05) is 13.1 Å². The van der Waals surface area contributed by atoms with Crippen LogP contribution in [0, 0.1) is 5.82 Å². The highest BCUT2D eigenvalue weighted by molar-refractivity contribution is 9.10. The van der Waals surface area contributed by atoms with Crippen LogP contribution in [0.15, 0.2) is 39.2 Å². The third-order valence-electron chi connectivity index (χ3n) is 2.81. The number of hydrogen-bond donors (Lipinski definition) is 0. The molecule has 0 aliphatic carbocycles. The lowest BCUT2D eigenvalue weighted by molar-refractivity contribution is 0.423. The van der Waals surface area contributed by atoms with Crippen molar-refractivity contribution in [3.05, 3.63) is 40.1 Å². The molecule has 1 aliphatic rings. The summed E-state index contributed by atoms with van der Waals surface area (Å²) in [7, 11) is -3.75. The zero-order valence-corrected chi connectivity index (χ0v) is 12.3. The summed E-state index contributed by atoms with van der Waals surface area (Å²) in [6.07, 6.45) is 2.67. The van der Waals surface area contributed by atoms with Crippen LogP contribution >= 0.6 is 15.9 Å². The molecule has 0 saturated heterocycles. The maximum absolute atomic E-state index is 13.7. The Hall–Kier alpha value is -0.720. The Balaban J connectivity index is 2.39. The molecule has 18 heavy (non-hydrogen) atoms. The van der Waals surface area contributed by atoms with Gasteiger partial charge in [-0.1, -0.05) is 27.6 Å². The van der Waals surface area contributed by atoms with Gasteiger partial charge in [-0.05, 0) is 31.5 Å². The lowest BCUT2D eigenvalue weighted by Gasteiger charge is -2.25. The van der Waals surface area contributed by atoms with Crippen LogP contribution in [0.3, 0.4) is 0 Å².